The van der Waals surface area contributed by atoms with Crippen molar-refractivity contribution in [1.82, 2.24) is 4.57 Å². The molecule has 0 spiro atoms. The third-order valence-electron chi connectivity index (χ3n) is 4.76. The van der Waals surface area contributed by atoms with Crippen LogP contribution in [0.5, 0.6) is 0 Å². The van der Waals surface area contributed by atoms with Crippen molar-refractivity contribution in [3.8, 4) is 0 Å². The van der Waals surface area contributed by atoms with Crippen molar-refractivity contribution in [2.75, 3.05) is 5.32 Å². The third-order valence-corrected chi connectivity index (χ3v) is 5.43. The zero-order valence-electron chi connectivity index (χ0n) is 15.1. The number of carbonyl (C=O) groups is 1. The molecule has 0 atom stereocenters. The molecule has 0 unspecified atom stereocenters. The molecule has 1 aromatic heterocycles. The van der Waals surface area contributed by atoms with Crippen LogP contribution >= 0.6 is 22.6 Å². The molecule has 25 heavy (non-hydrogen) atoms. The number of amides is 1. The Morgan fingerprint density at radius 2 is 1.88 bits per heavy atom. The van der Waals surface area contributed by atoms with E-state index in [2.05, 4.69) is 70.6 Å². The fraction of sp³-hybridized carbons (Fsp3) is 0.286. The maximum absolute atomic E-state index is 13.0. The molecule has 0 radical (unpaired) electrons. The first-order valence-corrected chi connectivity index (χ1v) is 9.73. The van der Waals surface area contributed by atoms with Gasteiger partial charge >= 0.3 is 0 Å². The van der Waals surface area contributed by atoms with Crippen molar-refractivity contribution in [3.05, 3.63) is 62.4 Å². The molecule has 3 rings (SSSR count). The maximum Gasteiger partial charge on any atom is 0.272 e. The number of aromatic nitrogens is 1. The van der Waals surface area contributed by atoms with Crippen LogP contribution in [-0.2, 0) is 13.0 Å². The standard InChI is InChI=1S/C21H23IN2O/c1-5-15-7-10-19-17(12-15)14(4)20(24(19)6-2)21(25)23-18-9-8-16(22)11-13(18)3/h7-12H,5-6H2,1-4H3,(H,23,25). The molecule has 1 amide bonds. The largest absolute Gasteiger partial charge is 0.337 e. The minimum absolute atomic E-state index is 0.0436. The summed E-state index contributed by atoms with van der Waals surface area (Å²) < 4.78 is 3.28. The lowest BCUT2D eigenvalue weighted by molar-refractivity contribution is 0.101. The van der Waals surface area contributed by atoms with Gasteiger partial charge in [0, 0.05) is 26.7 Å². The zero-order chi connectivity index (χ0) is 18.1. The lowest BCUT2D eigenvalue weighted by Crippen LogP contribution is -2.18. The molecule has 0 fully saturated rings. The highest BCUT2D eigenvalue weighted by Crippen LogP contribution is 2.28. The van der Waals surface area contributed by atoms with Gasteiger partial charge in [-0.1, -0.05) is 13.0 Å². The Bertz CT molecular complexity index is 956. The van der Waals surface area contributed by atoms with Gasteiger partial charge in [0.2, 0.25) is 0 Å². The molecule has 1 N–H and O–H groups in total. The number of hydrogen-bond donors (Lipinski definition) is 1. The van der Waals surface area contributed by atoms with Crippen LogP contribution in [-0.4, -0.2) is 10.5 Å². The number of anilines is 1. The topological polar surface area (TPSA) is 34.0 Å². The van der Waals surface area contributed by atoms with Crippen LogP contribution in [0.1, 0.15) is 41.0 Å². The number of aryl methyl sites for hydroxylation is 4. The van der Waals surface area contributed by atoms with Crippen molar-refractivity contribution in [1.29, 1.82) is 0 Å². The highest BCUT2D eigenvalue weighted by Gasteiger charge is 2.20. The van der Waals surface area contributed by atoms with Crippen molar-refractivity contribution >= 4 is 45.1 Å². The summed E-state index contributed by atoms with van der Waals surface area (Å²) in [5.74, 6) is -0.0436. The van der Waals surface area contributed by atoms with E-state index in [1.807, 2.05) is 26.0 Å². The van der Waals surface area contributed by atoms with Crippen LogP contribution < -0.4 is 5.32 Å². The van der Waals surface area contributed by atoms with Crippen LogP contribution in [0.15, 0.2) is 36.4 Å². The van der Waals surface area contributed by atoms with E-state index in [0.29, 0.717) is 0 Å². The highest BCUT2D eigenvalue weighted by atomic mass is 127. The van der Waals surface area contributed by atoms with Crippen molar-refractivity contribution in [3.63, 3.8) is 0 Å². The first kappa shape index (κ1) is 18.0. The molecule has 3 aromatic rings. The first-order valence-electron chi connectivity index (χ1n) is 8.65. The molecule has 0 aliphatic rings. The van der Waals surface area contributed by atoms with E-state index in [1.165, 1.54) is 14.5 Å². The van der Waals surface area contributed by atoms with Crippen LogP contribution in [0.3, 0.4) is 0 Å². The second-order valence-electron chi connectivity index (χ2n) is 6.34. The molecule has 3 nitrogen and oxygen atoms in total. The average molecular weight is 446 g/mol. The smallest absolute Gasteiger partial charge is 0.272 e. The molecular formula is C21H23IN2O. The Kier molecular flexibility index (Phi) is 5.18. The van der Waals surface area contributed by atoms with Crippen LogP contribution in [0.2, 0.25) is 0 Å². The van der Waals surface area contributed by atoms with E-state index in [-0.39, 0.29) is 5.91 Å². The lowest BCUT2D eigenvalue weighted by Gasteiger charge is -2.12. The zero-order valence-corrected chi connectivity index (χ0v) is 17.3. The summed E-state index contributed by atoms with van der Waals surface area (Å²) in [4.78, 5) is 13.0. The predicted molar refractivity (Wildman–Crippen MR) is 114 cm³/mol. The quantitative estimate of drug-likeness (QED) is 0.513. The van der Waals surface area contributed by atoms with Crippen molar-refractivity contribution in [2.24, 2.45) is 0 Å². The molecule has 2 aromatic carbocycles. The maximum atomic E-state index is 13.0. The molecule has 4 heteroatoms. The molecule has 0 aliphatic heterocycles. The number of halogens is 1. The van der Waals surface area contributed by atoms with Gasteiger partial charge in [0.25, 0.3) is 5.91 Å². The summed E-state index contributed by atoms with van der Waals surface area (Å²) >= 11 is 2.28. The summed E-state index contributed by atoms with van der Waals surface area (Å²) in [6.45, 7) is 9.07. The number of nitrogens with one attached hydrogen (secondary N) is 1. The Morgan fingerprint density at radius 3 is 2.52 bits per heavy atom. The number of carbonyl (C=O) groups excluding carboxylic acids is 1. The Hall–Kier alpha value is -1.82. The van der Waals surface area contributed by atoms with Gasteiger partial charge in [-0.15, -0.1) is 0 Å². The summed E-state index contributed by atoms with van der Waals surface area (Å²) in [5.41, 5.74) is 6.17. The number of benzene rings is 2. The Labute approximate surface area is 162 Å². The monoisotopic (exact) mass is 446 g/mol. The summed E-state index contributed by atoms with van der Waals surface area (Å²) in [6, 6.07) is 12.6. The average Bonchev–Trinajstić information content (AvgIpc) is 2.88. The Balaban J connectivity index is 2.07. The van der Waals surface area contributed by atoms with Gasteiger partial charge < -0.3 is 9.88 Å². The number of hydrogen-bond acceptors (Lipinski definition) is 1. The van der Waals surface area contributed by atoms with Crippen LogP contribution in [0, 0.1) is 17.4 Å². The van der Waals surface area contributed by atoms with Crippen molar-refractivity contribution < 1.29 is 4.79 Å². The van der Waals surface area contributed by atoms with Gasteiger partial charge in [-0.05, 0) is 96.8 Å². The van der Waals surface area contributed by atoms with Crippen molar-refractivity contribution in [2.45, 2.75) is 40.7 Å². The van der Waals surface area contributed by atoms with E-state index in [1.54, 1.807) is 0 Å². The fourth-order valence-electron chi connectivity index (χ4n) is 3.36. The Morgan fingerprint density at radius 1 is 1.12 bits per heavy atom. The van der Waals surface area contributed by atoms with E-state index in [0.717, 1.165) is 41.0 Å². The fourth-order valence-corrected chi connectivity index (χ4v) is 4.01. The SMILES string of the molecule is CCc1ccc2c(c1)c(C)c(C(=O)Nc1ccc(I)cc1C)n2CC. The first-order chi connectivity index (χ1) is 12.0. The highest BCUT2D eigenvalue weighted by molar-refractivity contribution is 14.1. The molecular weight excluding hydrogens is 423 g/mol. The normalized spacial score (nSPS) is 11.1. The van der Waals surface area contributed by atoms with Crippen LogP contribution in [0.4, 0.5) is 5.69 Å². The minimum Gasteiger partial charge on any atom is -0.337 e. The second-order valence-corrected chi connectivity index (χ2v) is 7.58. The molecule has 0 aliphatic carbocycles. The van der Waals surface area contributed by atoms with E-state index >= 15 is 0 Å². The molecule has 0 saturated carbocycles. The van der Waals surface area contributed by atoms with Crippen LogP contribution in [0.25, 0.3) is 10.9 Å². The second kappa shape index (κ2) is 7.20. The molecule has 0 bridgehead atoms. The van der Waals surface area contributed by atoms with Gasteiger partial charge in [0.15, 0.2) is 0 Å². The predicted octanol–water partition coefficient (Wildman–Crippen LogP) is 5.70. The number of rotatable bonds is 4. The van der Waals surface area contributed by atoms with Gasteiger partial charge in [0.05, 0.1) is 0 Å². The summed E-state index contributed by atoms with van der Waals surface area (Å²) in [6.07, 6.45) is 0.996. The van der Waals surface area contributed by atoms with E-state index in [4.69, 9.17) is 0 Å². The number of fused-ring (bicyclic) bond motifs is 1. The summed E-state index contributed by atoms with van der Waals surface area (Å²) in [7, 11) is 0. The lowest BCUT2D eigenvalue weighted by atomic mass is 10.1. The number of nitrogens with zero attached hydrogens (tertiary/aromatic N) is 1. The third kappa shape index (κ3) is 3.32. The van der Waals surface area contributed by atoms with Gasteiger partial charge in [-0.3, -0.25) is 4.79 Å². The van der Waals surface area contributed by atoms with Gasteiger partial charge in [-0.25, -0.2) is 0 Å². The van der Waals surface area contributed by atoms with E-state index < -0.39 is 0 Å². The molecule has 130 valence electrons. The molecule has 1 heterocycles. The van der Waals surface area contributed by atoms with Gasteiger partial charge in [-0.2, -0.15) is 0 Å². The minimum atomic E-state index is -0.0436. The molecule has 0 saturated heterocycles. The van der Waals surface area contributed by atoms with Gasteiger partial charge in [0.1, 0.15) is 5.69 Å². The van der Waals surface area contributed by atoms with E-state index in [9.17, 15) is 4.79 Å². The summed E-state index contributed by atoms with van der Waals surface area (Å²) in [5, 5.41) is 4.27.